The lowest BCUT2D eigenvalue weighted by Crippen LogP contribution is -2.27. The van der Waals surface area contributed by atoms with E-state index in [1.807, 2.05) is 73.7 Å². The molecule has 3 rings (SSSR count). The van der Waals surface area contributed by atoms with Gasteiger partial charge in [-0.3, -0.25) is 4.79 Å². The van der Waals surface area contributed by atoms with Crippen LogP contribution in [0, 0.1) is 11.3 Å². The van der Waals surface area contributed by atoms with E-state index in [0.29, 0.717) is 22.9 Å². The van der Waals surface area contributed by atoms with Crippen LogP contribution >= 0.6 is 27.5 Å². The van der Waals surface area contributed by atoms with Crippen molar-refractivity contribution in [1.82, 2.24) is 5.32 Å². The van der Waals surface area contributed by atoms with Crippen LogP contribution < -0.4 is 10.1 Å². The van der Waals surface area contributed by atoms with Crippen LogP contribution in [0.15, 0.2) is 82.8 Å². The van der Waals surface area contributed by atoms with Gasteiger partial charge >= 0.3 is 0 Å². The Labute approximate surface area is 195 Å². The summed E-state index contributed by atoms with van der Waals surface area (Å²) in [5.74, 6) is 0.241. The number of nitriles is 1. The van der Waals surface area contributed by atoms with E-state index in [2.05, 4.69) is 21.2 Å². The summed E-state index contributed by atoms with van der Waals surface area (Å²) in [4.78, 5) is 12.5. The highest BCUT2D eigenvalue weighted by atomic mass is 79.9. The Kier molecular flexibility index (Phi) is 7.88. The van der Waals surface area contributed by atoms with Crippen molar-refractivity contribution in [3.8, 4) is 11.8 Å². The molecule has 6 heteroatoms. The first-order chi connectivity index (χ1) is 15.0. The maximum absolute atomic E-state index is 12.5. The SMILES string of the molecule is C[C@@H](NC(=O)/C(C#N)=C\c1ccc(OCc2ccc(Cl)cc2)c(Br)c1)c1ccccc1. The molecule has 1 amide bonds. The number of ether oxygens (including phenoxy) is 1. The van der Waals surface area contributed by atoms with Crippen LogP contribution in [0.3, 0.4) is 0 Å². The molecule has 1 atom stereocenters. The first-order valence-corrected chi connectivity index (χ1v) is 10.8. The third-order valence-corrected chi connectivity index (χ3v) is 5.46. The zero-order chi connectivity index (χ0) is 22.2. The summed E-state index contributed by atoms with van der Waals surface area (Å²) in [5.41, 5.74) is 2.71. The smallest absolute Gasteiger partial charge is 0.262 e. The van der Waals surface area contributed by atoms with Gasteiger partial charge in [-0.2, -0.15) is 5.26 Å². The highest BCUT2D eigenvalue weighted by Gasteiger charge is 2.14. The molecule has 0 bridgehead atoms. The minimum absolute atomic E-state index is 0.0320. The van der Waals surface area contributed by atoms with Crippen molar-refractivity contribution in [3.63, 3.8) is 0 Å². The van der Waals surface area contributed by atoms with Crippen LogP contribution in [0.5, 0.6) is 5.75 Å². The van der Waals surface area contributed by atoms with Crippen LogP contribution in [0.1, 0.15) is 29.7 Å². The van der Waals surface area contributed by atoms with Gasteiger partial charge in [-0.1, -0.05) is 60.1 Å². The molecule has 0 spiro atoms. The van der Waals surface area contributed by atoms with Gasteiger partial charge in [0.25, 0.3) is 5.91 Å². The zero-order valence-corrected chi connectivity index (χ0v) is 19.2. The summed E-state index contributed by atoms with van der Waals surface area (Å²) in [6, 6.07) is 24.2. The summed E-state index contributed by atoms with van der Waals surface area (Å²) in [6.45, 7) is 2.28. The molecule has 4 nitrogen and oxygen atoms in total. The highest BCUT2D eigenvalue weighted by molar-refractivity contribution is 9.10. The average molecular weight is 496 g/mol. The third kappa shape index (κ3) is 6.45. The molecular weight excluding hydrogens is 476 g/mol. The number of benzene rings is 3. The highest BCUT2D eigenvalue weighted by Crippen LogP contribution is 2.28. The number of carbonyl (C=O) groups is 1. The second kappa shape index (κ2) is 10.8. The predicted molar refractivity (Wildman–Crippen MR) is 127 cm³/mol. The lowest BCUT2D eigenvalue weighted by molar-refractivity contribution is -0.117. The Morgan fingerprint density at radius 3 is 2.52 bits per heavy atom. The molecule has 156 valence electrons. The molecule has 0 heterocycles. The van der Waals surface area contributed by atoms with Gasteiger partial charge in [0.15, 0.2) is 0 Å². The number of nitrogens with one attached hydrogen (secondary N) is 1. The minimum Gasteiger partial charge on any atom is -0.488 e. The van der Waals surface area contributed by atoms with E-state index in [0.717, 1.165) is 15.6 Å². The number of amides is 1. The average Bonchev–Trinajstić information content (AvgIpc) is 2.78. The summed E-state index contributed by atoms with van der Waals surface area (Å²) in [7, 11) is 0. The maximum Gasteiger partial charge on any atom is 0.262 e. The molecule has 0 aliphatic carbocycles. The first-order valence-electron chi connectivity index (χ1n) is 9.60. The fourth-order valence-electron chi connectivity index (χ4n) is 2.88. The molecule has 0 unspecified atom stereocenters. The van der Waals surface area contributed by atoms with Crippen molar-refractivity contribution in [3.05, 3.63) is 105 Å². The van der Waals surface area contributed by atoms with Crippen LogP contribution in [0.4, 0.5) is 0 Å². The number of nitrogens with zero attached hydrogens (tertiary/aromatic N) is 1. The van der Waals surface area contributed by atoms with E-state index < -0.39 is 5.91 Å². The summed E-state index contributed by atoms with van der Waals surface area (Å²) in [6.07, 6.45) is 1.56. The van der Waals surface area contributed by atoms with Gasteiger partial charge in [0.1, 0.15) is 24.0 Å². The number of hydrogen-bond acceptors (Lipinski definition) is 3. The second-order valence-electron chi connectivity index (χ2n) is 6.88. The van der Waals surface area contributed by atoms with Gasteiger partial charge < -0.3 is 10.1 Å². The second-order valence-corrected chi connectivity index (χ2v) is 8.17. The van der Waals surface area contributed by atoms with Gasteiger partial charge in [0, 0.05) is 5.02 Å². The van der Waals surface area contributed by atoms with Gasteiger partial charge in [0.05, 0.1) is 10.5 Å². The van der Waals surface area contributed by atoms with Crippen LogP contribution in [-0.4, -0.2) is 5.91 Å². The first kappa shape index (κ1) is 22.6. The Morgan fingerprint density at radius 1 is 1.16 bits per heavy atom. The molecule has 0 aromatic heterocycles. The van der Waals surface area contributed by atoms with E-state index in [4.69, 9.17) is 16.3 Å². The quantitative estimate of drug-likeness (QED) is 0.302. The Balaban J connectivity index is 1.67. The zero-order valence-electron chi connectivity index (χ0n) is 16.8. The molecule has 0 saturated heterocycles. The van der Waals surface area contributed by atoms with Crippen LogP contribution in [-0.2, 0) is 11.4 Å². The number of halogens is 2. The number of rotatable bonds is 7. The molecule has 0 fully saturated rings. The molecule has 0 aliphatic rings. The normalized spacial score (nSPS) is 12.0. The fraction of sp³-hybridized carbons (Fsp3) is 0.120. The van der Waals surface area contributed by atoms with Crippen molar-refractivity contribution >= 4 is 39.5 Å². The van der Waals surface area contributed by atoms with E-state index >= 15 is 0 Å². The Morgan fingerprint density at radius 2 is 1.87 bits per heavy atom. The predicted octanol–water partition coefficient (Wildman–Crippen LogP) is 6.47. The van der Waals surface area contributed by atoms with Crippen LogP contribution in [0.25, 0.3) is 6.08 Å². The van der Waals surface area contributed by atoms with Crippen molar-refractivity contribution in [2.24, 2.45) is 0 Å². The molecule has 3 aromatic carbocycles. The van der Waals surface area contributed by atoms with Crippen molar-refractivity contribution in [2.45, 2.75) is 19.6 Å². The molecule has 31 heavy (non-hydrogen) atoms. The van der Waals surface area contributed by atoms with E-state index in [1.54, 1.807) is 18.2 Å². The van der Waals surface area contributed by atoms with Gasteiger partial charge in [-0.15, -0.1) is 0 Å². The van der Waals surface area contributed by atoms with E-state index in [-0.39, 0.29) is 11.6 Å². The minimum atomic E-state index is -0.418. The standard InChI is InChI=1S/C25H20BrClN2O2/c1-17(20-5-3-2-4-6-20)29-25(30)21(15-28)13-19-9-12-24(23(26)14-19)31-16-18-7-10-22(27)11-8-18/h2-14,17H,16H2,1H3,(H,29,30)/b21-13-/t17-/m1/s1. The van der Waals surface area contributed by atoms with Crippen molar-refractivity contribution in [1.29, 1.82) is 5.26 Å². The van der Waals surface area contributed by atoms with Crippen molar-refractivity contribution < 1.29 is 9.53 Å². The number of hydrogen-bond donors (Lipinski definition) is 1. The largest absolute Gasteiger partial charge is 0.488 e. The topological polar surface area (TPSA) is 62.1 Å². The van der Waals surface area contributed by atoms with Gasteiger partial charge in [-0.25, -0.2) is 0 Å². The maximum atomic E-state index is 12.5. The monoisotopic (exact) mass is 494 g/mol. The Bertz CT molecular complexity index is 1120. The molecule has 1 N–H and O–H groups in total. The van der Waals surface area contributed by atoms with Gasteiger partial charge in [-0.05, 0) is 69.9 Å². The molecular formula is C25H20BrClN2O2. The van der Waals surface area contributed by atoms with Crippen molar-refractivity contribution in [2.75, 3.05) is 0 Å². The lowest BCUT2D eigenvalue weighted by Gasteiger charge is -2.14. The van der Waals surface area contributed by atoms with E-state index in [1.165, 1.54) is 0 Å². The fourth-order valence-corrected chi connectivity index (χ4v) is 3.52. The summed E-state index contributed by atoms with van der Waals surface area (Å²) >= 11 is 9.39. The summed E-state index contributed by atoms with van der Waals surface area (Å²) < 4.78 is 6.57. The van der Waals surface area contributed by atoms with Gasteiger partial charge in [0.2, 0.25) is 0 Å². The third-order valence-electron chi connectivity index (χ3n) is 4.59. The summed E-state index contributed by atoms with van der Waals surface area (Å²) in [5, 5.41) is 13.0. The Hall–Kier alpha value is -3.07. The molecule has 0 aliphatic heterocycles. The van der Waals surface area contributed by atoms with Crippen LogP contribution in [0.2, 0.25) is 5.02 Å². The van der Waals surface area contributed by atoms with E-state index in [9.17, 15) is 10.1 Å². The molecule has 3 aromatic rings. The lowest BCUT2D eigenvalue weighted by atomic mass is 10.1. The molecule has 0 radical (unpaired) electrons. The number of carbonyl (C=O) groups excluding carboxylic acids is 1. The molecule has 0 saturated carbocycles.